The van der Waals surface area contributed by atoms with Gasteiger partial charge in [-0.2, -0.15) is 0 Å². The van der Waals surface area contributed by atoms with Gasteiger partial charge >= 0.3 is 5.97 Å². The number of anilines is 1. The van der Waals surface area contributed by atoms with Gasteiger partial charge in [0, 0.05) is 0 Å². The third-order valence-corrected chi connectivity index (χ3v) is 5.58. The number of sulfonamides is 1. The van der Waals surface area contributed by atoms with Gasteiger partial charge in [0.25, 0.3) is 10.0 Å². The van der Waals surface area contributed by atoms with Gasteiger partial charge in [-0.15, -0.1) is 0 Å². The lowest BCUT2D eigenvalue weighted by Crippen LogP contribution is -2.15. The Bertz CT molecular complexity index is 1170. The summed E-state index contributed by atoms with van der Waals surface area (Å²) in [6.45, 7) is 2.42. The van der Waals surface area contributed by atoms with Gasteiger partial charge in [-0.1, -0.05) is 12.1 Å². The largest absolute Gasteiger partial charge is 0.495 e. The summed E-state index contributed by atoms with van der Waals surface area (Å²) >= 11 is 0. The molecule has 0 bridgehead atoms. The third-order valence-electron chi connectivity index (χ3n) is 4.19. The second-order valence-corrected chi connectivity index (χ2v) is 7.93. The Morgan fingerprint density at radius 3 is 2.29 bits per heavy atom. The number of nitrogens with one attached hydrogen (secondary N) is 1. The zero-order valence-electron chi connectivity index (χ0n) is 16.9. The summed E-state index contributed by atoms with van der Waals surface area (Å²) in [7, 11) is -2.88. The maximum Gasteiger partial charge on any atom is 0.335 e. The molecule has 0 aromatic heterocycles. The molecule has 3 aromatic rings. The molecule has 0 fully saturated rings. The van der Waals surface area contributed by atoms with Crippen LogP contribution in [0.25, 0.3) is 0 Å². The number of ether oxygens (including phenoxy) is 3. The Hall–Kier alpha value is -3.72. The van der Waals surface area contributed by atoms with Crippen molar-refractivity contribution in [3.8, 4) is 23.0 Å². The standard InChI is InChI=1S/C22H21NO7S/c1-3-29-16-9-11-17(12-10-16)30-19-7-5-4-6-18(19)23-31(26,27)21-14-15(22(24)25)8-13-20(21)28-2/h4-14,23H,3H2,1-2H3,(H,24,25). The van der Waals surface area contributed by atoms with Gasteiger partial charge in [-0.25, -0.2) is 13.2 Å². The van der Waals surface area contributed by atoms with Gasteiger partial charge in [0.15, 0.2) is 5.75 Å². The van der Waals surface area contributed by atoms with E-state index in [1.807, 2.05) is 6.92 Å². The van der Waals surface area contributed by atoms with E-state index in [4.69, 9.17) is 14.2 Å². The number of rotatable bonds is 9. The van der Waals surface area contributed by atoms with Crippen molar-refractivity contribution in [3.05, 3.63) is 72.3 Å². The number of hydrogen-bond donors (Lipinski definition) is 2. The minimum atomic E-state index is -4.18. The molecule has 0 unspecified atom stereocenters. The van der Waals surface area contributed by atoms with E-state index >= 15 is 0 Å². The van der Waals surface area contributed by atoms with E-state index in [0.29, 0.717) is 18.1 Å². The van der Waals surface area contributed by atoms with Gasteiger partial charge in [-0.05, 0) is 61.5 Å². The molecule has 0 saturated heterocycles. The molecule has 31 heavy (non-hydrogen) atoms. The quantitative estimate of drug-likeness (QED) is 0.505. The molecule has 0 atom stereocenters. The van der Waals surface area contributed by atoms with E-state index in [1.54, 1.807) is 42.5 Å². The Kier molecular flexibility index (Phi) is 6.66. The fourth-order valence-corrected chi connectivity index (χ4v) is 4.02. The molecule has 162 valence electrons. The summed E-state index contributed by atoms with van der Waals surface area (Å²) in [5.41, 5.74) is -0.000682. The normalized spacial score (nSPS) is 10.9. The third kappa shape index (κ3) is 5.26. The highest BCUT2D eigenvalue weighted by molar-refractivity contribution is 7.92. The van der Waals surface area contributed by atoms with E-state index in [0.717, 1.165) is 6.07 Å². The lowest BCUT2D eigenvalue weighted by Gasteiger charge is -2.15. The van der Waals surface area contributed by atoms with Crippen molar-refractivity contribution in [1.82, 2.24) is 0 Å². The zero-order valence-corrected chi connectivity index (χ0v) is 17.7. The summed E-state index contributed by atoms with van der Waals surface area (Å²) < 4.78 is 44.8. The van der Waals surface area contributed by atoms with Crippen molar-refractivity contribution in [2.24, 2.45) is 0 Å². The zero-order chi connectivity index (χ0) is 22.4. The van der Waals surface area contributed by atoms with Crippen LogP contribution >= 0.6 is 0 Å². The number of benzene rings is 3. The minimum Gasteiger partial charge on any atom is -0.495 e. The predicted molar refractivity (Wildman–Crippen MR) is 115 cm³/mol. The first-order valence-electron chi connectivity index (χ1n) is 9.28. The fraction of sp³-hybridized carbons (Fsp3) is 0.136. The second-order valence-electron chi connectivity index (χ2n) is 6.28. The Labute approximate surface area is 180 Å². The molecule has 0 aliphatic heterocycles. The van der Waals surface area contributed by atoms with Crippen molar-refractivity contribution < 1.29 is 32.5 Å². The van der Waals surface area contributed by atoms with Crippen molar-refractivity contribution in [2.75, 3.05) is 18.4 Å². The molecule has 0 amide bonds. The van der Waals surface area contributed by atoms with Crippen LogP contribution < -0.4 is 18.9 Å². The van der Waals surface area contributed by atoms with Crippen LogP contribution in [0.5, 0.6) is 23.0 Å². The molecule has 2 N–H and O–H groups in total. The molecule has 0 spiro atoms. The van der Waals surface area contributed by atoms with Crippen LogP contribution in [0.4, 0.5) is 5.69 Å². The van der Waals surface area contributed by atoms with Crippen molar-refractivity contribution in [2.45, 2.75) is 11.8 Å². The SMILES string of the molecule is CCOc1ccc(Oc2ccccc2NS(=O)(=O)c2cc(C(=O)O)ccc2OC)cc1. The van der Waals surface area contributed by atoms with E-state index in [-0.39, 0.29) is 27.6 Å². The number of methoxy groups -OCH3 is 1. The molecule has 0 aliphatic carbocycles. The highest BCUT2D eigenvalue weighted by Crippen LogP contribution is 2.33. The molecular formula is C22H21NO7S. The maximum absolute atomic E-state index is 13.0. The number of carboxylic acid groups (broad SMARTS) is 1. The molecule has 0 heterocycles. The Morgan fingerprint density at radius 1 is 0.968 bits per heavy atom. The molecule has 8 nitrogen and oxygen atoms in total. The monoisotopic (exact) mass is 443 g/mol. The van der Waals surface area contributed by atoms with Gasteiger partial charge < -0.3 is 19.3 Å². The highest BCUT2D eigenvalue weighted by Gasteiger charge is 2.23. The minimum absolute atomic E-state index is 0.0161. The molecule has 0 radical (unpaired) electrons. The predicted octanol–water partition coefficient (Wildman–Crippen LogP) is 4.39. The number of carbonyl (C=O) groups is 1. The van der Waals surface area contributed by atoms with Gasteiger partial charge in [0.05, 0.1) is 25.0 Å². The average Bonchev–Trinajstić information content (AvgIpc) is 2.76. The highest BCUT2D eigenvalue weighted by atomic mass is 32.2. The topological polar surface area (TPSA) is 111 Å². The second kappa shape index (κ2) is 9.40. The summed E-state index contributed by atoms with van der Waals surface area (Å²) in [6.07, 6.45) is 0. The smallest absolute Gasteiger partial charge is 0.335 e. The average molecular weight is 443 g/mol. The van der Waals surface area contributed by atoms with Crippen LogP contribution in [0, 0.1) is 0 Å². The first kappa shape index (κ1) is 22.0. The van der Waals surface area contributed by atoms with Crippen molar-refractivity contribution in [1.29, 1.82) is 0 Å². The van der Waals surface area contributed by atoms with Gasteiger partial charge in [0.2, 0.25) is 0 Å². The molecule has 3 aromatic carbocycles. The fourth-order valence-electron chi connectivity index (χ4n) is 2.76. The maximum atomic E-state index is 13.0. The first-order chi connectivity index (χ1) is 14.8. The summed E-state index contributed by atoms with van der Waals surface area (Å²) in [6, 6.07) is 17.0. The lowest BCUT2D eigenvalue weighted by molar-refractivity contribution is 0.0696. The van der Waals surface area contributed by atoms with Crippen molar-refractivity contribution >= 4 is 21.7 Å². The van der Waals surface area contributed by atoms with E-state index < -0.39 is 16.0 Å². The van der Waals surface area contributed by atoms with Crippen LogP contribution in [0.1, 0.15) is 17.3 Å². The molecule has 0 saturated carbocycles. The lowest BCUT2D eigenvalue weighted by atomic mass is 10.2. The number of para-hydroxylation sites is 2. The number of carboxylic acids is 1. The summed E-state index contributed by atoms with van der Waals surface area (Å²) in [4.78, 5) is 11.0. The van der Waals surface area contributed by atoms with Gasteiger partial charge in [-0.3, -0.25) is 4.72 Å². The van der Waals surface area contributed by atoms with Gasteiger partial charge in [0.1, 0.15) is 22.1 Å². The van der Waals surface area contributed by atoms with Crippen LogP contribution in [0.15, 0.2) is 71.6 Å². The molecular weight excluding hydrogens is 422 g/mol. The van der Waals surface area contributed by atoms with Crippen LogP contribution in [0.2, 0.25) is 0 Å². The molecule has 3 rings (SSSR count). The van der Waals surface area contributed by atoms with E-state index in [2.05, 4.69) is 4.72 Å². The number of aromatic carboxylic acids is 1. The van der Waals surface area contributed by atoms with Crippen LogP contribution in [-0.2, 0) is 10.0 Å². The molecule has 9 heteroatoms. The Balaban J connectivity index is 1.91. The summed E-state index contributed by atoms with van der Waals surface area (Å²) in [5.74, 6) is 0.208. The van der Waals surface area contributed by atoms with Crippen molar-refractivity contribution in [3.63, 3.8) is 0 Å². The number of hydrogen-bond acceptors (Lipinski definition) is 6. The van der Waals surface area contributed by atoms with Crippen LogP contribution in [0.3, 0.4) is 0 Å². The summed E-state index contributed by atoms with van der Waals surface area (Å²) in [5, 5.41) is 9.20. The van der Waals surface area contributed by atoms with Crippen LogP contribution in [-0.4, -0.2) is 33.2 Å². The van der Waals surface area contributed by atoms with E-state index in [9.17, 15) is 18.3 Å². The van der Waals surface area contributed by atoms with E-state index in [1.165, 1.54) is 25.3 Å². The molecule has 0 aliphatic rings. The first-order valence-corrected chi connectivity index (χ1v) is 10.8. The Morgan fingerprint density at radius 2 is 1.65 bits per heavy atom.